The molecule has 0 atom stereocenters. The maximum absolute atomic E-state index is 11.6. The molecule has 0 saturated carbocycles. The van der Waals surface area contributed by atoms with Gasteiger partial charge in [-0.3, -0.25) is 4.98 Å². The Kier molecular flexibility index (Phi) is 5.59. The van der Waals surface area contributed by atoms with Crippen molar-refractivity contribution in [3.05, 3.63) is 84.1 Å². The van der Waals surface area contributed by atoms with Gasteiger partial charge in [-0.15, -0.1) is 0 Å². The number of imidazole rings is 1. The molecule has 5 heterocycles. The predicted molar refractivity (Wildman–Crippen MR) is 137 cm³/mol. The van der Waals surface area contributed by atoms with Gasteiger partial charge in [0.2, 0.25) is 0 Å². The molecule has 1 aromatic carbocycles. The van der Waals surface area contributed by atoms with Gasteiger partial charge in [0.05, 0.1) is 47.6 Å². The molecular formula is C27H22N6O3. The quantitative estimate of drug-likeness (QED) is 0.403. The summed E-state index contributed by atoms with van der Waals surface area (Å²) in [6.45, 7) is 2.80. The largest absolute Gasteiger partial charge is 0.478 e. The first-order valence-electron chi connectivity index (χ1n) is 11.6. The highest BCUT2D eigenvalue weighted by Gasteiger charge is 2.21. The summed E-state index contributed by atoms with van der Waals surface area (Å²) >= 11 is 0. The second-order valence-electron chi connectivity index (χ2n) is 8.43. The summed E-state index contributed by atoms with van der Waals surface area (Å²) in [7, 11) is 0. The van der Waals surface area contributed by atoms with Crippen LogP contribution in [-0.2, 0) is 4.74 Å². The summed E-state index contributed by atoms with van der Waals surface area (Å²) in [5, 5.41) is 15.2. The number of hydrogen-bond donors (Lipinski definition) is 1. The van der Waals surface area contributed by atoms with Gasteiger partial charge in [0.25, 0.3) is 0 Å². The molecule has 0 radical (unpaired) electrons. The minimum atomic E-state index is -1.04. The molecule has 0 bridgehead atoms. The summed E-state index contributed by atoms with van der Waals surface area (Å²) in [6, 6.07) is 15.5. The van der Waals surface area contributed by atoms with Gasteiger partial charge >= 0.3 is 5.97 Å². The van der Waals surface area contributed by atoms with Crippen molar-refractivity contribution in [3.63, 3.8) is 0 Å². The predicted octanol–water partition coefficient (Wildman–Crippen LogP) is 4.04. The SMILES string of the molecule is O=C(O)c1cncc(-c2c(C=Cc3ccc4ccccc4n3)nc3c(N4CCOCC4)ccnn23)c1. The number of hydrogen-bond acceptors (Lipinski definition) is 7. The Labute approximate surface area is 206 Å². The molecule has 1 aliphatic heterocycles. The monoisotopic (exact) mass is 478 g/mol. The van der Waals surface area contributed by atoms with Gasteiger partial charge in [-0.1, -0.05) is 24.3 Å². The molecule has 1 N–H and O–H groups in total. The number of rotatable bonds is 5. The third kappa shape index (κ3) is 4.05. The molecule has 1 fully saturated rings. The van der Waals surface area contributed by atoms with Gasteiger partial charge in [0.15, 0.2) is 5.65 Å². The summed E-state index contributed by atoms with van der Waals surface area (Å²) < 4.78 is 7.27. The highest BCUT2D eigenvalue weighted by atomic mass is 16.5. The lowest BCUT2D eigenvalue weighted by molar-refractivity contribution is 0.0696. The maximum Gasteiger partial charge on any atom is 0.337 e. The zero-order valence-corrected chi connectivity index (χ0v) is 19.3. The number of benzene rings is 1. The van der Waals surface area contributed by atoms with Crippen molar-refractivity contribution < 1.29 is 14.6 Å². The number of fused-ring (bicyclic) bond motifs is 2. The van der Waals surface area contributed by atoms with E-state index in [4.69, 9.17) is 14.7 Å². The van der Waals surface area contributed by atoms with Gasteiger partial charge in [-0.2, -0.15) is 5.10 Å². The van der Waals surface area contributed by atoms with E-state index in [-0.39, 0.29) is 5.56 Å². The molecule has 6 rings (SSSR count). The zero-order valence-electron chi connectivity index (χ0n) is 19.3. The van der Waals surface area contributed by atoms with Crippen LogP contribution < -0.4 is 4.90 Å². The van der Waals surface area contributed by atoms with Gasteiger partial charge in [0.1, 0.15) is 5.69 Å². The van der Waals surface area contributed by atoms with Crippen LogP contribution in [0.15, 0.2) is 67.1 Å². The van der Waals surface area contributed by atoms with E-state index in [2.05, 4.69) is 15.0 Å². The van der Waals surface area contributed by atoms with Crippen LogP contribution in [0.4, 0.5) is 5.69 Å². The lowest BCUT2D eigenvalue weighted by Gasteiger charge is -2.28. The fraction of sp³-hybridized carbons (Fsp3) is 0.148. The third-order valence-corrected chi connectivity index (χ3v) is 6.17. The van der Waals surface area contributed by atoms with Crippen molar-refractivity contribution in [1.29, 1.82) is 0 Å². The molecule has 0 spiro atoms. The number of aromatic carboxylic acids is 1. The third-order valence-electron chi connectivity index (χ3n) is 6.17. The summed E-state index contributed by atoms with van der Waals surface area (Å²) in [4.78, 5) is 27.7. The molecule has 0 unspecified atom stereocenters. The zero-order chi connectivity index (χ0) is 24.5. The minimum absolute atomic E-state index is 0.0953. The Morgan fingerprint density at radius 3 is 2.72 bits per heavy atom. The van der Waals surface area contributed by atoms with E-state index in [9.17, 15) is 9.90 Å². The van der Waals surface area contributed by atoms with E-state index in [0.29, 0.717) is 35.8 Å². The fourth-order valence-electron chi connectivity index (χ4n) is 4.41. The number of anilines is 1. The number of ether oxygens (including phenoxy) is 1. The van der Waals surface area contributed by atoms with E-state index in [0.717, 1.165) is 35.4 Å². The van der Waals surface area contributed by atoms with Crippen LogP contribution in [-0.4, -0.2) is 61.9 Å². The highest BCUT2D eigenvalue weighted by molar-refractivity contribution is 5.90. The van der Waals surface area contributed by atoms with Gasteiger partial charge < -0.3 is 14.7 Å². The van der Waals surface area contributed by atoms with Gasteiger partial charge in [-0.25, -0.2) is 19.3 Å². The number of nitrogens with zero attached hydrogens (tertiary/aromatic N) is 6. The van der Waals surface area contributed by atoms with Crippen molar-refractivity contribution in [2.75, 3.05) is 31.2 Å². The molecule has 0 aliphatic carbocycles. The molecule has 5 aromatic rings. The van der Waals surface area contributed by atoms with E-state index in [1.165, 1.54) is 6.20 Å². The van der Waals surface area contributed by atoms with Crippen LogP contribution in [0, 0.1) is 0 Å². The van der Waals surface area contributed by atoms with Crippen LogP contribution in [0.2, 0.25) is 0 Å². The summed E-state index contributed by atoms with van der Waals surface area (Å²) in [6.07, 6.45) is 8.48. The van der Waals surface area contributed by atoms with Crippen molar-refractivity contribution in [2.45, 2.75) is 0 Å². The number of pyridine rings is 2. The van der Waals surface area contributed by atoms with Gasteiger partial charge in [0, 0.05) is 36.4 Å². The Morgan fingerprint density at radius 1 is 1.00 bits per heavy atom. The van der Waals surface area contributed by atoms with E-state index in [1.54, 1.807) is 23.0 Å². The average Bonchev–Trinajstić information content (AvgIpc) is 3.31. The highest BCUT2D eigenvalue weighted by Crippen LogP contribution is 2.31. The first kappa shape index (κ1) is 21.9. The maximum atomic E-state index is 11.6. The van der Waals surface area contributed by atoms with Crippen LogP contribution in [0.5, 0.6) is 0 Å². The standard InChI is InChI=1S/C27H22N6O3/c34-27(35)20-15-19(16-28-17-20)25-23(8-7-21-6-5-18-3-1-2-4-22(18)30-21)31-26-24(9-10-29-33(25)26)32-11-13-36-14-12-32/h1-10,15-17H,11-14H2,(H,34,35). The topological polar surface area (TPSA) is 106 Å². The van der Waals surface area contributed by atoms with E-state index < -0.39 is 5.97 Å². The lowest BCUT2D eigenvalue weighted by atomic mass is 10.1. The van der Waals surface area contributed by atoms with E-state index >= 15 is 0 Å². The Bertz CT molecular complexity index is 1620. The first-order chi connectivity index (χ1) is 17.7. The fourth-order valence-corrected chi connectivity index (χ4v) is 4.41. The normalized spacial score (nSPS) is 14.2. The Hall–Kier alpha value is -4.63. The number of carboxylic acid groups (broad SMARTS) is 1. The average molecular weight is 479 g/mol. The van der Waals surface area contributed by atoms with Crippen molar-refractivity contribution in [3.8, 4) is 11.3 Å². The molecule has 0 amide bonds. The van der Waals surface area contributed by atoms with Crippen LogP contribution in [0.3, 0.4) is 0 Å². The first-order valence-corrected chi connectivity index (χ1v) is 11.6. The second kappa shape index (κ2) is 9.20. The molecule has 4 aromatic heterocycles. The molecule has 9 heteroatoms. The summed E-state index contributed by atoms with van der Waals surface area (Å²) in [5.41, 5.74) is 5.33. The van der Waals surface area contributed by atoms with Gasteiger partial charge in [-0.05, 0) is 36.4 Å². The van der Waals surface area contributed by atoms with Crippen LogP contribution >= 0.6 is 0 Å². The lowest BCUT2D eigenvalue weighted by Crippen LogP contribution is -2.36. The number of morpholine rings is 1. The molecule has 9 nitrogen and oxygen atoms in total. The van der Waals surface area contributed by atoms with Crippen molar-refractivity contribution in [2.24, 2.45) is 0 Å². The molecule has 36 heavy (non-hydrogen) atoms. The molecule has 178 valence electrons. The number of carbonyl (C=O) groups is 1. The Balaban J connectivity index is 1.51. The summed E-state index contributed by atoms with van der Waals surface area (Å²) in [5.74, 6) is -1.04. The number of para-hydroxylation sites is 1. The second-order valence-corrected chi connectivity index (χ2v) is 8.43. The smallest absolute Gasteiger partial charge is 0.337 e. The number of aromatic nitrogens is 5. The van der Waals surface area contributed by atoms with Crippen molar-refractivity contribution in [1.82, 2.24) is 24.6 Å². The minimum Gasteiger partial charge on any atom is -0.478 e. The Morgan fingerprint density at radius 2 is 1.86 bits per heavy atom. The molecule has 1 saturated heterocycles. The molecular weight excluding hydrogens is 456 g/mol. The van der Waals surface area contributed by atoms with E-state index in [1.807, 2.05) is 54.6 Å². The molecule has 1 aliphatic rings. The van der Waals surface area contributed by atoms with Crippen LogP contribution in [0.1, 0.15) is 21.7 Å². The van der Waals surface area contributed by atoms with Crippen LogP contribution in [0.25, 0.3) is 40.0 Å². The number of carboxylic acids is 1. The van der Waals surface area contributed by atoms with Crippen molar-refractivity contribution >= 4 is 40.4 Å².